The molecule has 1 heterocycles. The van der Waals surface area contributed by atoms with Gasteiger partial charge in [0.2, 0.25) is 0 Å². The van der Waals surface area contributed by atoms with E-state index in [0.717, 1.165) is 19.8 Å². The fourth-order valence-corrected chi connectivity index (χ4v) is 2.31. The van der Waals surface area contributed by atoms with Gasteiger partial charge in [0.25, 0.3) is 0 Å². The minimum Gasteiger partial charge on any atom is -0.380 e. The first-order chi connectivity index (χ1) is 7.15. The third-order valence-electron chi connectivity index (χ3n) is 3.42. The predicted octanol–water partition coefficient (Wildman–Crippen LogP) is 1.48. The Bertz CT molecular complexity index is 169. The molecule has 1 aliphatic heterocycles. The number of nitrogens with zero attached hydrogens (tertiary/aromatic N) is 1. The molecule has 0 spiro atoms. The second-order valence-corrected chi connectivity index (χ2v) is 4.73. The van der Waals surface area contributed by atoms with Crippen molar-refractivity contribution in [3.05, 3.63) is 0 Å². The molecule has 3 atom stereocenters. The minimum atomic E-state index is 0.606. The van der Waals surface area contributed by atoms with Crippen LogP contribution in [0.3, 0.4) is 0 Å². The molecule has 0 aromatic heterocycles. The lowest BCUT2D eigenvalue weighted by Gasteiger charge is -2.31. The van der Waals surface area contributed by atoms with Gasteiger partial charge < -0.3 is 10.1 Å². The van der Waals surface area contributed by atoms with Crippen molar-refractivity contribution in [3.8, 4) is 0 Å². The van der Waals surface area contributed by atoms with Crippen molar-refractivity contribution in [2.24, 2.45) is 0 Å². The van der Waals surface area contributed by atoms with Crippen LogP contribution >= 0.6 is 0 Å². The summed E-state index contributed by atoms with van der Waals surface area (Å²) < 4.78 is 5.42. The normalized spacial score (nSPS) is 25.8. The lowest BCUT2D eigenvalue weighted by atomic mass is 10.1. The maximum Gasteiger partial charge on any atom is 0.0622 e. The predicted molar refractivity (Wildman–Crippen MR) is 64.2 cm³/mol. The van der Waals surface area contributed by atoms with Crippen LogP contribution < -0.4 is 5.32 Å². The van der Waals surface area contributed by atoms with E-state index in [2.05, 4.69) is 38.0 Å². The largest absolute Gasteiger partial charge is 0.380 e. The van der Waals surface area contributed by atoms with Gasteiger partial charge in [-0.3, -0.25) is 4.90 Å². The van der Waals surface area contributed by atoms with Gasteiger partial charge in [-0.1, -0.05) is 6.92 Å². The number of nitrogens with one attached hydrogen (secondary N) is 1. The molecule has 90 valence electrons. The Labute approximate surface area is 94.2 Å². The van der Waals surface area contributed by atoms with Crippen molar-refractivity contribution < 1.29 is 4.74 Å². The van der Waals surface area contributed by atoms with E-state index in [1.807, 2.05) is 0 Å². The van der Waals surface area contributed by atoms with Gasteiger partial charge in [-0.15, -0.1) is 0 Å². The van der Waals surface area contributed by atoms with Gasteiger partial charge in [0.1, 0.15) is 0 Å². The first-order valence-corrected chi connectivity index (χ1v) is 6.18. The Hall–Kier alpha value is -0.120. The van der Waals surface area contributed by atoms with Crippen molar-refractivity contribution in [2.45, 2.75) is 51.7 Å². The molecule has 0 amide bonds. The van der Waals surface area contributed by atoms with Crippen LogP contribution in [0.1, 0.15) is 33.6 Å². The van der Waals surface area contributed by atoms with E-state index in [4.69, 9.17) is 4.74 Å². The van der Waals surface area contributed by atoms with E-state index in [9.17, 15) is 0 Å². The van der Waals surface area contributed by atoms with E-state index in [1.165, 1.54) is 12.8 Å². The van der Waals surface area contributed by atoms with Gasteiger partial charge >= 0.3 is 0 Å². The molecule has 1 aliphatic rings. The molecule has 0 aromatic carbocycles. The maximum absolute atomic E-state index is 5.42. The van der Waals surface area contributed by atoms with Crippen molar-refractivity contribution in [2.75, 3.05) is 26.8 Å². The molecule has 3 heteroatoms. The monoisotopic (exact) mass is 214 g/mol. The van der Waals surface area contributed by atoms with Crippen molar-refractivity contribution in [1.29, 1.82) is 0 Å². The third kappa shape index (κ3) is 4.09. The Balaban J connectivity index is 2.28. The Morgan fingerprint density at radius 1 is 1.47 bits per heavy atom. The van der Waals surface area contributed by atoms with E-state index >= 15 is 0 Å². The van der Waals surface area contributed by atoms with Crippen LogP contribution in [0, 0.1) is 0 Å². The first-order valence-electron chi connectivity index (χ1n) is 6.18. The molecule has 1 saturated heterocycles. The van der Waals surface area contributed by atoms with Crippen LogP contribution in [0.5, 0.6) is 0 Å². The first kappa shape index (κ1) is 12.9. The van der Waals surface area contributed by atoms with E-state index in [1.54, 1.807) is 0 Å². The second-order valence-electron chi connectivity index (χ2n) is 4.73. The zero-order chi connectivity index (χ0) is 11.3. The van der Waals surface area contributed by atoms with Crippen molar-refractivity contribution >= 4 is 0 Å². The highest BCUT2D eigenvalue weighted by Crippen LogP contribution is 2.15. The lowest BCUT2D eigenvalue weighted by Crippen LogP contribution is -2.42. The average molecular weight is 214 g/mol. The Morgan fingerprint density at radius 2 is 2.20 bits per heavy atom. The van der Waals surface area contributed by atoms with E-state index in [0.29, 0.717) is 18.1 Å². The molecular formula is C12H26N2O. The van der Waals surface area contributed by atoms with Crippen LogP contribution in [-0.2, 0) is 4.74 Å². The number of likely N-dealkylation sites (N-methyl/N-ethyl adjacent to an activating group) is 1. The van der Waals surface area contributed by atoms with Gasteiger partial charge in [-0.2, -0.15) is 0 Å². The van der Waals surface area contributed by atoms with Crippen molar-refractivity contribution in [1.82, 2.24) is 10.2 Å². The molecule has 0 bridgehead atoms. The van der Waals surface area contributed by atoms with Crippen molar-refractivity contribution in [3.63, 3.8) is 0 Å². The summed E-state index contributed by atoms with van der Waals surface area (Å²) in [5.74, 6) is 0. The minimum absolute atomic E-state index is 0.606. The van der Waals surface area contributed by atoms with Gasteiger partial charge in [-0.05, 0) is 40.3 Å². The molecule has 1 rings (SSSR count). The summed E-state index contributed by atoms with van der Waals surface area (Å²) in [4.78, 5) is 2.47. The zero-order valence-corrected chi connectivity index (χ0v) is 10.6. The molecule has 15 heavy (non-hydrogen) atoms. The quantitative estimate of drug-likeness (QED) is 0.725. The summed E-state index contributed by atoms with van der Waals surface area (Å²) in [6, 6.07) is 1.87. The summed E-state index contributed by atoms with van der Waals surface area (Å²) in [6.45, 7) is 9.64. The summed E-state index contributed by atoms with van der Waals surface area (Å²) in [5.41, 5.74) is 0. The Morgan fingerprint density at radius 3 is 2.73 bits per heavy atom. The fourth-order valence-electron chi connectivity index (χ4n) is 2.31. The van der Waals surface area contributed by atoms with E-state index < -0.39 is 0 Å². The fraction of sp³-hybridized carbons (Fsp3) is 1.00. The SMILES string of the molecule is CCNC(C)CC(C)N(C)C1CCOC1. The van der Waals surface area contributed by atoms with Crippen LogP contribution in [0.4, 0.5) is 0 Å². The molecule has 1 N–H and O–H groups in total. The van der Waals surface area contributed by atoms with Crippen LogP contribution in [0.15, 0.2) is 0 Å². The summed E-state index contributed by atoms with van der Waals surface area (Å²) >= 11 is 0. The summed E-state index contributed by atoms with van der Waals surface area (Å²) in [5, 5.41) is 3.46. The molecule has 3 nitrogen and oxygen atoms in total. The highest BCUT2D eigenvalue weighted by atomic mass is 16.5. The van der Waals surface area contributed by atoms with Gasteiger partial charge in [0.15, 0.2) is 0 Å². The Kier molecular flexibility index (Phi) is 5.58. The topological polar surface area (TPSA) is 24.5 Å². The standard InChI is InChI=1S/C12H26N2O/c1-5-13-10(2)8-11(3)14(4)12-6-7-15-9-12/h10-13H,5-9H2,1-4H3. The molecule has 1 fully saturated rings. The molecule has 0 saturated carbocycles. The highest BCUT2D eigenvalue weighted by Gasteiger charge is 2.24. The van der Waals surface area contributed by atoms with Gasteiger partial charge in [0, 0.05) is 24.7 Å². The second kappa shape index (κ2) is 6.46. The molecule has 0 aromatic rings. The lowest BCUT2D eigenvalue weighted by molar-refractivity contribution is 0.130. The van der Waals surface area contributed by atoms with Gasteiger partial charge in [0.05, 0.1) is 6.61 Å². The number of hydrogen-bond donors (Lipinski definition) is 1. The summed E-state index contributed by atoms with van der Waals surface area (Å²) in [6.07, 6.45) is 2.40. The maximum atomic E-state index is 5.42. The summed E-state index contributed by atoms with van der Waals surface area (Å²) in [7, 11) is 2.22. The van der Waals surface area contributed by atoms with Gasteiger partial charge in [-0.25, -0.2) is 0 Å². The number of ether oxygens (including phenoxy) is 1. The third-order valence-corrected chi connectivity index (χ3v) is 3.42. The van der Waals surface area contributed by atoms with Crippen LogP contribution in [0.25, 0.3) is 0 Å². The van der Waals surface area contributed by atoms with Crippen LogP contribution in [0.2, 0.25) is 0 Å². The number of hydrogen-bond acceptors (Lipinski definition) is 3. The molecule has 0 aliphatic carbocycles. The molecular weight excluding hydrogens is 188 g/mol. The van der Waals surface area contributed by atoms with E-state index in [-0.39, 0.29) is 0 Å². The highest BCUT2D eigenvalue weighted by molar-refractivity contribution is 4.79. The zero-order valence-electron chi connectivity index (χ0n) is 10.6. The van der Waals surface area contributed by atoms with Crippen LogP contribution in [-0.4, -0.2) is 49.8 Å². The molecule has 0 radical (unpaired) electrons. The number of rotatable bonds is 6. The molecule has 3 unspecified atom stereocenters. The average Bonchev–Trinajstić information content (AvgIpc) is 2.69. The smallest absolute Gasteiger partial charge is 0.0622 e.